The van der Waals surface area contributed by atoms with Crippen LogP contribution in [-0.4, -0.2) is 44.7 Å². The highest BCUT2D eigenvalue weighted by Crippen LogP contribution is 2.25. The van der Waals surface area contributed by atoms with Gasteiger partial charge in [0.15, 0.2) is 0 Å². The molecule has 0 saturated carbocycles. The predicted molar refractivity (Wildman–Crippen MR) is 140 cm³/mol. The van der Waals surface area contributed by atoms with E-state index in [2.05, 4.69) is 15.3 Å². The molecule has 0 aliphatic carbocycles. The Kier molecular flexibility index (Phi) is 8.03. The minimum atomic E-state index is -1.11. The van der Waals surface area contributed by atoms with E-state index in [4.69, 9.17) is 11.6 Å². The number of hydrogen-bond acceptors (Lipinski definition) is 4. The molecule has 4 N–H and O–H groups in total. The molecule has 36 heavy (non-hydrogen) atoms. The van der Waals surface area contributed by atoms with Crippen molar-refractivity contribution in [1.29, 1.82) is 0 Å². The van der Waals surface area contributed by atoms with Crippen LogP contribution >= 0.6 is 11.6 Å². The maximum absolute atomic E-state index is 13.2. The second-order valence-electron chi connectivity index (χ2n) is 8.78. The zero-order valence-corrected chi connectivity index (χ0v) is 20.6. The van der Waals surface area contributed by atoms with Crippen LogP contribution in [0.2, 0.25) is 5.02 Å². The summed E-state index contributed by atoms with van der Waals surface area (Å²) in [6.07, 6.45) is 1.19. The van der Waals surface area contributed by atoms with Gasteiger partial charge in [-0.05, 0) is 41.7 Å². The molecule has 3 aromatic carbocycles. The Morgan fingerprint density at radius 2 is 1.75 bits per heavy atom. The van der Waals surface area contributed by atoms with Crippen LogP contribution < -0.4 is 5.32 Å². The fourth-order valence-electron chi connectivity index (χ4n) is 4.23. The summed E-state index contributed by atoms with van der Waals surface area (Å²) >= 11 is 6.38. The maximum Gasteiger partial charge on any atom is 0.308 e. The summed E-state index contributed by atoms with van der Waals surface area (Å²) in [6, 6.07) is 20.7. The molecule has 0 saturated heterocycles. The Morgan fingerprint density at radius 3 is 2.39 bits per heavy atom. The van der Waals surface area contributed by atoms with E-state index in [1.807, 2.05) is 61.5 Å². The number of fused-ring (bicyclic) bond motifs is 1. The molecular formula is C28H28ClN3O4. The zero-order valence-electron chi connectivity index (χ0n) is 19.9. The van der Waals surface area contributed by atoms with Gasteiger partial charge in [-0.25, -0.2) is 4.98 Å². The van der Waals surface area contributed by atoms with Crippen molar-refractivity contribution in [1.82, 2.24) is 15.3 Å². The number of carbonyl (C=O) groups is 2. The summed E-state index contributed by atoms with van der Waals surface area (Å²) in [6.45, 7) is 1.45. The van der Waals surface area contributed by atoms with Crippen molar-refractivity contribution in [3.63, 3.8) is 0 Å². The molecule has 1 aromatic heterocycles. The quantitative estimate of drug-likeness (QED) is 0.245. The third-order valence-corrected chi connectivity index (χ3v) is 6.49. The van der Waals surface area contributed by atoms with Gasteiger partial charge >= 0.3 is 5.97 Å². The van der Waals surface area contributed by atoms with Gasteiger partial charge in [-0.15, -0.1) is 0 Å². The minimum Gasteiger partial charge on any atom is -0.481 e. The van der Waals surface area contributed by atoms with Crippen LogP contribution in [0.4, 0.5) is 0 Å². The van der Waals surface area contributed by atoms with E-state index in [9.17, 15) is 19.8 Å². The molecule has 4 rings (SSSR count). The Labute approximate surface area is 214 Å². The number of aryl methyl sites for hydroxylation is 1. The highest BCUT2D eigenvalue weighted by atomic mass is 35.5. The number of benzene rings is 3. The molecule has 2 atom stereocenters. The smallest absolute Gasteiger partial charge is 0.308 e. The average Bonchev–Trinajstić information content (AvgIpc) is 3.32. The summed E-state index contributed by atoms with van der Waals surface area (Å²) < 4.78 is 0. The molecule has 0 spiro atoms. The number of carbonyl (C=O) groups excluding carboxylic acids is 1. The number of amides is 1. The fraction of sp³-hybridized carbons (Fsp3) is 0.250. The predicted octanol–water partition coefficient (Wildman–Crippen LogP) is 4.87. The standard InChI is InChI=1S/C28H28ClN3O4/c1-2-25-31-24-15-20(14-23(29)26(24)32-25)27(34)30-22(13-21(16-33)28(35)36)12-17-8-10-19(11-9-17)18-6-4-3-5-7-18/h3-11,14-15,21-22,33H,2,12-13,16H2,1H3,(H,30,34)(H,31,32)(H,35,36)/t21?,22-/m0/s1. The number of carboxylic acid groups (broad SMARTS) is 1. The van der Waals surface area contributed by atoms with Crippen LogP contribution in [0.1, 0.15) is 35.1 Å². The summed E-state index contributed by atoms with van der Waals surface area (Å²) in [7, 11) is 0. The Morgan fingerprint density at radius 1 is 1.06 bits per heavy atom. The van der Waals surface area contributed by atoms with Crippen molar-refractivity contribution >= 4 is 34.5 Å². The van der Waals surface area contributed by atoms with Gasteiger partial charge in [0.2, 0.25) is 0 Å². The highest BCUT2D eigenvalue weighted by Gasteiger charge is 2.24. The first-order valence-corrected chi connectivity index (χ1v) is 12.2. The largest absolute Gasteiger partial charge is 0.481 e. The van der Waals surface area contributed by atoms with Crippen LogP contribution in [0.3, 0.4) is 0 Å². The van der Waals surface area contributed by atoms with E-state index < -0.39 is 24.5 Å². The van der Waals surface area contributed by atoms with Crippen molar-refractivity contribution in [2.24, 2.45) is 5.92 Å². The number of aliphatic carboxylic acids is 1. The van der Waals surface area contributed by atoms with Gasteiger partial charge in [0.25, 0.3) is 5.91 Å². The van der Waals surface area contributed by atoms with E-state index in [0.717, 1.165) is 22.5 Å². The number of imidazole rings is 1. The lowest BCUT2D eigenvalue weighted by Gasteiger charge is -2.22. The number of carboxylic acids is 1. The monoisotopic (exact) mass is 505 g/mol. The van der Waals surface area contributed by atoms with E-state index in [0.29, 0.717) is 34.5 Å². The number of nitrogens with one attached hydrogen (secondary N) is 2. The molecule has 1 heterocycles. The number of aliphatic hydroxyl groups excluding tert-OH is 1. The fourth-order valence-corrected chi connectivity index (χ4v) is 4.49. The molecule has 0 fully saturated rings. The molecule has 0 aliphatic heterocycles. The maximum atomic E-state index is 13.2. The Hall–Kier alpha value is -3.68. The number of nitrogens with zero attached hydrogens (tertiary/aromatic N) is 1. The lowest BCUT2D eigenvalue weighted by Crippen LogP contribution is -2.39. The third-order valence-electron chi connectivity index (χ3n) is 6.20. The summed E-state index contributed by atoms with van der Waals surface area (Å²) in [5.41, 5.74) is 4.71. The molecular weight excluding hydrogens is 478 g/mol. The molecule has 186 valence electrons. The van der Waals surface area contributed by atoms with Gasteiger partial charge in [-0.3, -0.25) is 9.59 Å². The summed E-state index contributed by atoms with van der Waals surface area (Å²) in [5, 5.41) is 22.4. The molecule has 8 heteroatoms. The van der Waals surface area contributed by atoms with Gasteiger partial charge in [0, 0.05) is 18.0 Å². The van der Waals surface area contributed by atoms with Crippen molar-refractivity contribution < 1.29 is 19.8 Å². The first-order chi connectivity index (χ1) is 17.4. The van der Waals surface area contributed by atoms with Crippen molar-refractivity contribution in [3.8, 4) is 11.1 Å². The van der Waals surface area contributed by atoms with Gasteiger partial charge in [0.1, 0.15) is 11.3 Å². The Bertz CT molecular complexity index is 1350. The van der Waals surface area contributed by atoms with E-state index in [1.165, 1.54) is 0 Å². The van der Waals surface area contributed by atoms with E-state index >= 15 is 0 Å². The van der Waals surface area contributed by atoms with Crippen LogP contribution in [0.25, 0.3) is 22.2 Å². The number of H-pyrrole nitrogens is 1. The number of rotatable bonds is 10. The molecule has 1 unspecified atom stereocenters. The molecule has 7 nitrogen and oxygen atoms in total. The highest BCUT2D eigenvalue weighted by molar-refractivity contribution is 6.35. The second kappa shape index (κ2) is 11.4. The third kappa shape index (κ3) is 5.93. The first kappa shape index (κ1) is 25.4. The normalized spacial score (nSPS) is 12.9. The van der Waals surface area contributed by atoms with Crippen LogP contribution in [0.5, 0.6) is 0 Å². The molecule has 0 aliphatic rings. The number of halogens is 1. The lowest BCUT2D eigenvalue weighted by molar-refractivity contribution is -0.143. The van der Waals surface area contributed by atoms with Crippen molar-refractivity contribution in [3.05, 3.63) is 88.7 Å². The molecule has 1 amide bonds. The number of aliphatic hydroxyl groups is 1. The first-order valence-electron chi connectivity index (χ1n) is 11.8. The molecule has 0 radical (unpaired) electrons. The molecule has 0 bridgehead atoms. The van der Waals surface area contributed by atoms with Gasteiger partial charge in [-0.1, -0.05) is 73.1 Å². The Balaban J connectivity index is 1.56. The average molecular weight is 506 g/mol. The van der Waals surface area contributed by atoms with Crippen molar-refractivity contribution in [2.45, 2.75) is 32.2 Å². The SMILES string of the molecule is CCc1nc2c(Cl)cc(C(=O)N[C@@H](Cc3ccc(-c4ccccc4)cc3)CC(CO)C(=O)O)cc2[nH]1. The topological polar surface area (TPSA) is 115 Å². The zero-order chi connectivity index (χ0) is 25.7. The second-order valence-corrected chi connectivity index (χ2v) is 9.19. The van der Waals surface area contributed by atoms with Crippen LogP contribution in [-0.2, 0) is 17.6 Å². The molecule has 4 aromatic rings. The number of aromatic amines is 1. The minimum absolute atomic E-state index is 0.0814. The lowest BCUT2D eigenvalue weighted by atomic mass is 9.94. The number of aromatic nitrogens is 2. The van der Waals surface area contributed by atoms with Gasteiger partial charge < -0.3 is 20.5 Å². The van der Waals surface area contributed by atoms with Crippen molar-refractivity contribution in [2.75, 3.05) is 6.61 Å². The van der Waals surface area contributed by atoms with Crippen LogP contribution in [0.15, 0.2) is 66.7 Å². The van der Waals surface area contributed by atoms with Gasteiger partial charge in [0.05, 0.1) is 23.1 Å². The van der Waals surface area contributed by atoms with Gasteiger partial charge in [-0.2, -0.15) is 0 Å². The number of hydrogen-bond donors (Lipinski definition) is 4. The summed E-state index contributed by atoms with van der Waals surface area (Å²) in [4.78, 5) is 32.4. The van der Waals surface area contributed by atoms with E-state index in [-0.39, 0.29) is 12.3 Å². The van der Waals surface area contributed by atoms with Crippen LogP contribution in [0, 0.1) is 5.92 Å². The van der Waals surface area contributed by atoms with E-state index in [1.54, 1.807) is 12.1 Å². The summed E-state index contributed by atoms with van der Waals surface area (Å²) in [5.74, 6) is -1.71.